The maximum Gasteiger partial charge on any atom is 0.219 e. The minimum Gasteiger partial charge on any atom is -0.493 e. The molecule has 0 unspecified atom stereocenters. The van der Waals surface area contributed by atoms with Crippen LogP contribution >= 0.6 is 0 Å². The van der Waals surface area contributed by atoms with Crippen LogP contribution < -0.4 is 4.74 Å². The monoisotopic (exact) mass is 342 g/mol. The summed E-state index contributed by atoms with van der Waals surface area (Å²) in [6.45, 7) is 10.8. The highest BCUT2D eigenvalue weighted by Crippen LogP contribution is 2.40. The molecule has 2 aromatic rings. The van der Waals surface area contributed by atoms with Crippen molar-refractivity contribution in [3.63, 3.8) is 0 Å². The van der Waals surface area contributed by atoms with E-state index in [2.05, 4.69) is 41.6 Å². The highest BCUT2D eigenvalue weighted by Gasteiger charge is 2.52. The van der Waals surface area contributed by atoms with Gasteiger partial charge in [-0.25, -0.2) is 4.98 Å². The number of rotatable bonds is 4. The molecule has 2 aliphatic rings. The molecule has 25 heavy (non-hydrogen) atoms. The fourth-order valence-electron chi connectivity index (χ4n) is 4.11. The zero-order chi connectivity index (χ0) is 17.8. The lowest BCUT2D eigenvalue weighted by Crippen LogP contribution is -2.72. The molecule has 6 heteroatoms. The van der Waals surface area contributed by atoms with Crippen molar-refractivity contribution in [2.75, 3.05) is 33.3 Å². The molecular weight excluding hydrogens is 316 g/mol. The first-order valence-electron chi connectivity index (χ1n) is 8.92. The number of nitrogens with zero attached hydrogens (tertiary/aromatic N) is 4. The summed E-state index contributed by atoms with van der Waals surface area (Å²) < 4.78 is 7.62. The van der Waals surface area contributed by atoms with Crippen LogP contribution in [0.15, 0.2) is 18.5 Å². The van der Waals surface area contributed by atoms with Crippen LogP contribution in [0.5, 0.6) is 5.75 Å². The average Bonchev–Trinajstić information content (AvgIpc) is 2.89. The second kappa shape index (κ2) is 5.73. The van der Waals surface area contributed by atoms with Crippen LogP contribution in [0.25, 0.3) is 5.65 Å². The lowest BCUT2D eigenvalue weighted by molar-refractivity contribution is -0.157. The minimum atomic E-state index is 0.192. The summed E-state index contributed by atoms with van der Waals surface area (Å²) in [7, 11) is 1.70. The second-order valence-electron chi connectivity index (χ2n) is 7.98. The smallest absolute Gasteiger partial charge is 0.219 e. The second-order valence-corrected chi connectivity index (χ2v) is 7.98. The van der Waals surface area contributed by atoms with Gasteiger partial charge in [-0.3, -0.25) is 9.69 Å². The lowest BCUT2D eigenvalue weighted by atomic mass is 9.73. The first-order valence-corrected chi connectivity index (χ1v) is 8.92. The summed E-state index contributed by atoms with van der Waals surface area (Å²) in [5.41, 5.74) is 3.53. The van der Waals surface area contributed by atoms with Gasteiger partial charge in [0.2, 0.25) is 5.91 Å². The summed E-state index contributed by atoms with van der Waals surface area (Å²) >= 11 is 0. The predicted octanol–water partition coefficient (Wildman–Crippen LogP) is 2.13. The van der Waals surface area contributed by atoms with E-state index in [1.807, 2.05) is 4.90 Å². The molecule has 2 aromatic heterocycles. The molecule has 0 radical (unpaired) electrons. The number of imidazole rings is 1. The van der Waals surface area contributed by atoms with E-state index in [1.165, 1.54) is 5.56 Å². The van der Waals surface area contributed by atoms with E-state index >= 15 is 0 Å². The maximum atomic E-state index is 11.3. The molecule has 0 bridgehead atoms. The van der Waals surface area contributed by atoms with Gasteiger partial charge in [-0.15, -0.1) is 0 Å². The van der Waals surface area contributed by atoms with Crippen molar-refractivity contribution in [1.29, 1.82) is 0 Å². The van der Waals surface area contributed by atoms with Gasteiger partial charge >= 0.3 is 0 Å². The van der Waals surface area contributed by atoms with Crippen molar-refractivity contribution in [2.45, 2.75) is 33.2 Å². The van der Waals surface area contributed by atoms with Gasteiger partial charge in [0.05, 0.1) is 12.8 Å². The Kier molecular flexibility index (Phi) is 3.76. The molecule has 1 amide bonds. The molecule has 0 N–H and O–H groups in total. The first kappa shape index (κ1) is 16.4. The van der Waals surface area contributed by atoms with Crippen LogP contribution in [0.4, 0.5) is 0 Å². The third kappa shape index (κ3) is 2.78. The van der Waals surface area contributed by atoms with E-state index in [1.54, 1.807) is 14.0 Å². The van der Waals surface area contributed by atoms with E-state index in [9.17, 15) is 4.79 Å². The van der Waals surface area contributed by atoms with Crippen LogP contribution in [-0.2, 0) is 11.3 Å². The Morgan fingerprint density at radius 1 is 1.28 bits per heavy atom. The number of pyridine rings is 1. The number of hydrogen-bond acceptors (Lipinski definition) is 4. The molecule has 0 saturated carbocycles. The summed E-state index contributed by atoms with van der Waals surface area (Å²) in [4.78, 5) is 20.5. The van der Waals surface area contributed by atoms with E-state index in [0.717, 1.165) is 49.8 Å². The normalized spacial score (nSPS) is 19.3. The standard InChI is InChI=1S/C19H26N4O2/c1-13(2)15-5-17(25-4)18-20-16(8-22(18)6-15)7-21-9-19(10-21)11-23(12-19)14(3)24/h5-6,8,13H,7,9-12H2,1-4H3. The molecule has 134 valence electrons. The number of aromatic nitrogens is 2. The fourth-order valence-corrected chi connectivity index (χ4v) is 4.11. The molecule has 0 atom stereocenters. The predicted molar refractivity (Wildman–Crippen MR) is 95.8 cm³/mol. The average molecular weight is 342 g/mol. The van der Waals surface area contributed by atoms with Gasteiger partial charge in [-0.2, -0.15) is 0 Å². The number of methoxy groups -OCH3 is 1. The van der Waals surface area contributed by atoms with Gasteiger partial charge in [0.1, 0.15) is 0 Å². The number of amides is 1. The molecule has 2 aliphatic heterocycles. The van der Waals surface area contributed by atoms with Gasteiger partial charge in [0.15, 0.2) is 11.4 Å². The third-order valence-electron chi connectivity index (χ3n) is 5.48. The maximum absolute atomic E-state index is 11.3. The van der Waals surface area contributed by atoms with E-state index in [4.69, 9.17) is 9.72 Å². The molecule has 4 rings (SSSR count). The van der Waals surface area contributed by atoms with E-state index in [0.29, 0.717) is 11.3 Å². The largest absolute Gasteiger partial charge is 0.493 e. The Bertz CT molecular complexity index is 812. The van der Waals surface area contributed by atoms with Gasteiger partial charge in [0, 0.05) is 57.5 Å². The molecule has 0 aromatic carbocycles. The number of carbonyl (C=O) groups is 1. The van der Waals surface area contributed by atoms with Crippen LogP contribution in [0.3, 0.4) is 0 Å². The number of likely N-dealkylation sites (tertiary alicyclic amines) is 2. The Labute approximate surface area is 148 Å². The van der Waals surface area contributed by atoms with Gasteiger partial charge in [-0.05, 0) is 17.5 Å². The lowest BCUT2D eigenvalue weighted by Gasteiger charge is -2.60. The SMILES string of the molecule is COc1cc(C(C)C)cn2cc(CN3CC4(C3)CN(C(C)=O)C4)nc12. The summed E-state index contributed by atoms with van der Waals surface area (Å²) in [5, 5.41) is 0. The van der Waals surface area contributed by atoms with E-state index < -0.39 is 0 Å². The van der Waals surface area contributed by atoms with Crippen molar-refractivity contribution in [2.24, 2.45) is 5.41 Å². The molecule has 1 spiro atoms. The molecule has 2 fully saturated rings. The quantitative estimate of drug-likeness (QED) is 0.854. The van der Waals surface area contributed by atoms with Crippen molar-refractivity contribution in [3.8, 4) is 5.75 Å². The highest BCUT2D eigenvalue weighted by molar-refractivity contribution is 5.74. The van der Waals surface area contributed by atoms with Gasteiger partial charge < -0.3 is 14.0 Å². The van der Waals surface area contributed by atoms with Gasteiger partial charge in [0.25, 0.3) is 0 Å². The van der Waals surface area contributed by atoms with Crippen LogP contribution in [-0.4, -0.2) is 58.4 Å². The Hall–Kier alpha value is -2.08. The molecule has 2 saturated heterocycles. The number of ether oxygens (including phenoxy) is 1. The van der Waals surface area contributed by atoms with Gasteiger partial charge in [-0.1, -0.05) is 13.8 Å². The molecule has 0 aliphatic carbocycles. The molecular formula is C19H26N4O2. The summed E-state index contributed by atoms with van der Waals surface area (Å²) in [6, 6.07) is 2.08. The van der Waals surface area contributed by atoms with Crippen molar-refractivity contribution in [1.82, 2.24) is 19.2 Å². The first-order chi connectivity index (χ1) is 11.9. The highest BCUT2D eigenvalue weighted by atomic mass is 16.5. The van der Waals surface area contributed by atoms with Crippen molar-refractivity contribution in [3.05, 3.63) is 29.7 Å². The van der Waals surface area contributed by atoms with Crippen LogP contribution in [0.2, 0.25) is 0 Å². The zero-order valence-electron chi connectivity index (χ0n) is 15.5. The Morgan fingerprint density at radius 3 is 2.60 bits per heavy atom. The Morgan fingerprint density at radius 2 is 2.00 bits per heavy atom. The molecule has 4 heterocycles. The van der Waals surface area contributed by atoms with Crippen LogP contribution in [0.1, 0.15) is 37.9 Å². The fraction of sp³-hybridized carbons (Fsp3) is 0.579. The minimum absolute atomic E-state index is 0.192. The summed E-state index contributed by atoms with van der Waals surface area (Å²) in [5.74, 6) is 1.47. The zero-order valence-corrected chi connectivity index (χ0v) is 15.5. The summed E-state index contributed by atoms with van der Waals surface area (Å²) in [6.07, 6.45) is 4.25. The number of hydrogen-bond donors (Lipinski definition) is 0. The number of carbonyl (C=O) groups excluding carboxylic acids is 1. The third-order valence-corrected chi connectivity index (χ3v) is 5.48. The van der Waals surface area contributed by atoms with Crippen molar-refractivity contribution >= 4 is 11.6 Å². The molecule has 6 nitrogen and oxygen atoms in total. The van der Waals surface area contributed by atoms with Crippen molar-refractivity contribution < 1.29 is 9.53 Å². The number of fused-ring (bicyclic) bond motifs is 1. The van der Waals surface area contributed by atoms with E-state index in [-0.39, 0.29) is 5.91 Å². The Balaban J connectivity index is 1.46. The van der Waals surface area contributed by atoms with Crippen LogP contribution in [0, 0.1) is 5.41 Å². The topological polar surface area (TPSA) is 50.1 Å².